The molecule has 2 aromatic carbocycles. The van der Waals surface area contributed by atoms with Crippen LogP contribution in [-0.2, 0) is 15.8 Å². The van der Waals surface area contributed by atoms with Crippen molar-refractivity contribution in [2.24, 2.45) is 0 Å². The number of hydrogen-bond acceptors (Lipinski definition) is 4. The Kier molecular flexibility index (Phi) is 6.26. The molecule has 1 heterocycles. The maximum absolute atomic E-state index is 12.8. The molecule has 1 aliphatic carbocycles. The molecular weight excluding hydrogens is 439 g/mol. The summed E-state index contributed by atoms with van der Waals surface area (Å²) in [6, 6.07) is 10.7. The molecule has 0 bridgehead atoms. The van der Waals surface area contributed by atoms with E-state index >= 15 is 0 Å². The summed E-state index contributed by atoms with van der Waals surface area (Å²) in [7, 11) is 0. The van der Waals surface area contributed by atoms with Crippen LogP contribution in [0.1, 0.15) is 40.4 Å². The molecular formula is C23H22F3N3O4. The van der Waals surface area contributed by atoms with Gasteiger partial charge in [-0.3, -0.25) is 14.4 Å². The van der Waals surface area contributed by atoms with Crippen LogP contribution >= 0.6 is 0 Å². The summed E-state index contributed by atoms with van der Waals surface area (Å²) in [4.78, 5) is 39.2. The zero-order valence-corrected chi connectivity index (χ0v) is 17.5. The molecule has 0 radical (unpaired) electrons. The predicted octanol–water partition coefficient (Wildman–Crippen LogP) is 2.68. The maximum Gasteiger partial charge on any atom is 0.416 e. The number of nitrogens with one attached hydrogen (secondary N) is 2. The third-order valence-electron chi connectivity index (χ3n) is 5.46. The summed E-state index contributed by atoms with van der Waals surface area (Å²) >= 11 is 0. The first kappa shape index (κ1) is 22.6. The Bertz CT molecular complexity index is 1070. The fourth-order valence-corrected chi connectivity index (χ4v) is 3.78. The molecule has 2 aliphatic rings. The van der Waals surface area contributed by atoms with Gasteiger partial charge < -0.3 is 20.3 Å². The van der Waals surface area contributed by atoms with Crippen molar-refractivity contribution in [2.45, 2.75) is 31.1 Å². The van der Waals surface area contributed by atoms with Gasteiger partial charge in [-0.2, -0.15) is 13.2 Å². The van der Waals surface area contributed by atoms with Gasteiger partial charge in [0.2, 0.25) is 11.8 Å². The Morgan fingerprint density at radius 2 is 1.82 bits per heavy atom. The topological polar surface area (TPSA) is 87.7 Å². The maximum atomic E-state index is 12.8. The standard InChI is InChI=1S/C23H22F3N3O4/c24-23(25,26)14-4-3-5-16(12-14)33-11-10-27-19(30)13-28-21(31)20-17-6-1-2-7-18(17)22(32)29(20)15-8-9-15/h1-7,12,15,20H,8-11,13H2,(H,27,30)(H,28,31). The van der Waals surface area contributed by atoms with Crippen molar-refractivity contribution in [3.63, 3.8) is 0 Å². The minimum Gasteiger partial charge on any atom is -0.492 e. The first-order valence-electron chi connectivity index (χ1n) is 10.5. The highest BCUT2D eigenvalue weighted by molar-refractivity contribution is 6.05. The smallest absolute Gasteiger partial charge is 0.416 e. The van der Waals surface area contributed by atoms with E-state index in [1.807, 2.05) is 0 Å². The molecule has 3 amide bonds. The Hall–Kier alpha value is -3.56. The van der Waals surface area contributed by atoms with Gasteiger partial charge in [0.05, 0.1) is 18.7 Å². The largest absolute Gasteiger partial charge is 0.492 e. The fourth-order valence-electron chi connectivity index (χ4n) is 3.78. The van der Waals surface area contributed by atoms with Gasteiger partial charge in [0.25, 0.3) is 5.91 Å². The molecule has 2 N–H and O–H groups in total. The molecule has 33 heavy (non-hydrogen) atoms. The lowest BCUT2D eigenvalue weighted by atomic mass is 10.0. The summed E-state index contributed by atoms with van der Waals surface area (Å²) in [5, 5.41) is 5.11. The number of carbonyl (C=O) groups excluding carboxylic acids is 3. The number of alkyl halides is 3. The second kappa shape index (κ2) is 9.13. The highest BCUT2D eigenvalue weighted by atomic mass is 19.4. The van der Waals surface area contributed by atoms with Crippen molar-refractivity contribution in [3.8, 4) is 5.75 Å². The average Bonchev–Trinajstić information content (AvgIpc) is 3.58. The van der Waals surface area contributed by atoms with Crippen LogP contribution in [0.15, 0.2) is 48.5 Å². The van der Waals surface area contributed by atoms with E-state index in [0.29, 0.717) is 11.1 Å². The highest BCUT2D eigenvalue weighted by Crippen LogP contribution is 2.41. The van der Waals surface area contributed by atoms with E-state index in [1.165, 1.54) is 12.1 Å². The number of fused-ring (bicyclic) bond motifs is 1. The Morgan fingerprint density at radius 1 is 1.06 bits per heavy atom. The van der Waals surface area contributed by atoms with Gasteiger partial charge in [0, 0.05) is 11.6 Å². The molecule has 1 aliphatic heterocycles. The van der Waals surface area contributed by atoms with Crippen LogP contribution in [0.3, 0.4) is 0 Å². The lowest BCUT2D eigenvalue weighted by molar-refractivity contribution is -0.137. The number of benzene rings is 2. The van der Waals surface area contributed by atoms with Gasteiger partial charge in [-0.25, -0.2) is 0 Å². The lowest BCUT2D eigenvalue weighted by Gasteiger charge is -2.24. The van der Waals surface area contributed by atoms with E-state index < -0.39 is 29.6 Å². The van der Waals surface area contributed by atoms with Gasteiger partial charge in [0.15, 0.2) is 0 Å². The van der Waals surface area contributed by atoms with Crippen molar-refractivity contribution in [2.75, 3.05) is 19.7 Å². The van der Waals surface area contributed by atoms with Crippen molar-refractivity contribution in [3.05, 3.63) is 65.2 Å². The van der Waals surface area contributed by atoms with E-state index in [-0.39, 0.29) is 37.4 Å². The number of rotatable bonds is 8. The Labute approximate surface area is 187 Å². The second-order valence-electron chi connectivity index (χ2n) is 7.88. The van der Waals surface area contributed by atoms with Crippen LogP contribution in [0.4, 0.5) is 13.2 Å². The third kappa shape index (κ3) is 5.10. The molecule has 1 saturated carbocycles. The molecule has 7 nitrogen and oxygen atoms in total. The van der Waals surface area contributed by atoms with Crippen LogP contribution in [0, 0.1) is 0 Å². The molecule has 1 atom stereocenters. The number of carbonyl (C=O) groups is 3. The molecule has 2 aromatic rings. The molecule has 174 valence electrons. The molecule has 1 unspecified atom stereocenters. The molecule has 0 aromatic heterocycles. The number of halogens is 3. The predicted molar refractivity (Wildman–Crippen MR) is 111 cm³/mol. The van der Waals surface area contributed by atoms with Crippen LogP contribution in [0.25, 0.3) is 0 Å². The zero-order valence-electron chi connectivity index (χ0n) is 17.5. The number of ether oxygens (including phenoxy) is 1. The Balaban J connectivity index is 1.25. The van der Waals surface area contributed by atoms with E-state index in [9.17, 15) is 27.6 Å². The van der Waals surface area contributed by atoms with Crippen molar-refractivity contribution in [1.82, 2.24) is 15.5 Å². The fraction of sp³-hybridized carbons (Fsp3) is 0.348. The van der Waals surface area contributed by atoms with E-state index in [0.717, 1.165) is 25.0 Å². The average molecular weight is 461 g/mol. The van der Waals surface area contributed by atoms with Crippen LogP contribution in [-0.4, -0.2) is 48.4 Å². The van der Waals surface area contributed by atoms with Crippen LogP contribution < -0.4 is 15.4 Å². The molecule has 0 saturated heterocycles. The SMILES string of the molecule is O=C(CNC(=O)C1c2ccccc2C(=O)N1C1CC1)NCCOc1cccc(C(F)(F)F)c1. The van der Waals surface area contributed by atoms with Gasteiger partial charge in [-0.1, -0.05) is 24.3 Å². The zero-order chi connectivity index (χ0) is 23.6. The quantitative estimate of drug-likeness (QED) is 0.592. The minimum atomic E-state index is -4.47. The van der Waals surface area contributed by atoms with Gasteiger partial charge in [0.1, 0.15) is 18.4 Å². The van der Waals surface area contributed by atoms with Gasteiger partial charge in [-0.05, 0) is 42.7 Å². The summed E-state index contributed by atoms with van der Waals surface area (Å²) in [5.74, 6) is -1.05. The van der Waals surface area contributed by atoms with Crippen molar-refractivity contribution >= 4 is 17.7 Å². The third-order valence-corrected chi connectivity index (χ3v) is 5.46. The van der Waals surface area contributed by atoms with Crippen molar-refractivity contribution in [1.29, 1.82) is 0 Å². The number of nitrogens with zero attached hydrogens (tertiary/aromatic N) is 1. The number of amides is 3. The van der Waals surface area contributed by atoms with E-state index in [4.69, 9.17) is 4.74 Å². The van der Waals surface area contributed by atoms with Gasteiger partial charge >= 0.3 is 6.18 Å². The molecule has 10 heteroatoms. The summed E-state index contributed by atoms with van der Waals surface area (Å²) in [6.45, 7) is -0.293. The van der Waals surface area contributed by atoms with Crippen LogP contribution in [0.2, 0.25) is 0 Å². The molecule has 0 spiro atoms. The molecule has 1 fully saturated rings. The minimum absolute atomic E-state index is 0.0301. The van der Waals surface area contributed by atoms with Crippen molar-refractivity contribution < 1.29 is 32.3 Å². The van der Waals surface area contributed by atoms with E-state index in [2.05, 4.69) is 10.6 Å². The number of hydrogen-bond donors (Lipinski definition) is 2. The normalized spacial score (nSPS) is 17.5. The van der Waals surface area contributed by atoms with Gasteiger partial charge in [-0.15, -0.1) is 0 Å². The Morgan fingerprint density at radius 3 is 2.55 bits per heavy atom. The summed E-state index contributed by atoms with van der Waals surface area (Å²) < 4.78 is 43.4. The highest BCUT2D eigenvalue weighted by Gasteiger charge is 2.47. The van der Waals surface area contributed by atoms with Crippen LogP contribution in [0.5, 0.6) is 5.75 Å². The first-order chi connectivity index (χ1) is 15.8. The lowest BCUT2D eigenvalue weighted by Crippen LogP contribution is -2.44. The second-order valence-corrected chi connectivity index (χ2v) is 7.88. The monoisotopic (exact) mass is 461 g/mol. The molecule has 4 rings (SSSR count). The first-order valence-corrected chi connectivity index (χ1v) is 10.5. The summed E-state index contributed by atoms with van der Waals surface area (Å²) in [6.07, 6.45) is -2.78. The van der Waals surface area contributed by atoms with E-state index in [1.54, 1.807) is 29.2 Å². The summed E-state index contributed by atoms with van der Waals surface area (Å²) in [5.41, 5.74) is 0.307.